The van der Waals surface area contributed by atoms with E-state index in [4.69, 9.17) is 4.74 Å². The Morgan fingerprint density at radius 2 is 2.12 bits per heavy atom. The summed E-state index contributed by atoms with van der Waals surface area (Å²) in [6, 6.07) is 12.8. The lowest BCUT2D eigenvalue weighted by Gasteiger charge is -2.06. The Hall–Kier alpha value is -3.41. The van der Waals surface area contributed by atoms with Crippen molar-refractivity contribution in [3.05, 3.63) is 76.3 Å². The number of nitrogens with one attached hydrogen (secondary N) is 1. The molecule has 1 aliphatic rings. The summed E-state index contributed by atoms with van der Waals surface area (Å²) >= 11 is 0. The van der Waals surface area contributed by atoms with E-state index in [-0.39, 0.29) is 5.56 Å². The largest absolute Gasteiger partial charge is 0.493 e. The molecule has 0 atom stereocenters. The van der Waals surface area contributed by atoms with E-state index in [1.54, 1.807) is 24.3 Å². The first-order valence-electron chi connectivity index (χ1n) is 7.92. The van der Waals surface area contributed by atoms with Crippen LogP contribution in [0.1, 0.15) is 11.1 Å². The number of para-hydroxylation sites is 1. The van der Waals surface area contributed by atoms with Crippen molar-refractivity contribution >= 4 is 22.9 Å². The maximum absolute atomic E-state index is 12.3. The normalized spacial score (nSPS) is 13.0. The van der Waals surface area contributed by atoms with Gasteiger partial charge < -0.3 is 4.74 Å². The van der Waals surface area contributed by atoms with Gasteiger partial charge in [-0.25, -0.2) is 9.66 Å². The molecule has 1 N–H and O–H groups in total. The highest BCUT2D eigenvalue weighted by atomic mass is 16.5. The fourth-order valence-electron chi connectivity index (χ4n) is 2.79. The van der Waals surface area contributed by atoms with Crippen LogP contribution in [0.4, 0.5) is 0 Å². The average molecular weight is 333 g/mol. The van der Waals surface area contributed by atoms with Gasteiger partial charge in [-0.05, 0) is 41.5 Å². The monoisotopic (exact) mass is 333 g/mol. The zero-order valence-electron chi connectivity index (χ0n) is 13.3. The SMILES string of the molecule is O=C(/C=C/c1ccc2c(c1)CCO2)Nn1cnc2ccccc2c1=O. The van der Waals surface area contributed by atoms with Crippen LogP contribution in [0.3, 0.4) is 0 Å². The molecule has 6 heteroatoms. The van der Waals surface area contributed by atoms with E-state index < -0.39 is 5.91 Å². The molecule has 0 unspecified atom stereocenters. The summed E-state index contributed by atoms with van der Waals surface area (Å²) in [5.74, 6) is 0.492. The Kier molecular flexibility index (Phi) is 3.78. The van der Waals surface area contributed by atoms with Crippen LogP contribution in [0, 0.1) is 0 Å². The fraction of sp³-hybridized carbons (Fsp3) is 0.105. The second-order valence-electron chi connectivity index (χ2n) is 5.71. The highest BCUT2D eigenvalue weighted by molar-refractivity contribution is 5.97. The van der Waals surface area contributed by atoms with Crippen molar-refractivity contribution in [3.8, 4) is 5.75 Å². The first-order chi connectivity index (χ1) is 12.2. The molecule has 0 saturated heterocycles. The predicted octanol–water partition coefficient (Wildman–Crippen LogP) is 2.11. The number of carbonyl (C=O) groups excluding carboxylic acids is 1. The van der Waals surface area contributed by atoms with Gasteiger partial charge in [0.1, 0.15) is 12.1 Å². The first kappa shape index (κ1) is 15.1. The average Bonchev–Trinajstić information content (AvgIpc) is 3.10. The quantitative estimate of drug-likeness (QED) is 0.745. The van der Waals surface area contributed by atoms with E-state index >= 15 is 0 Å². The number of amides is 1. The second-order valence-corrected chi connectivity index (χ2v) is 5.71. The number of hydrogen-bond acceptors (Lipinski definition) is 4. The summed E-state index contributed by atoms with van der Waals surface area (Å²) in [6.45, 7) is 0.695. The topological polar surface area (TPSA) is 73.2 Å². The molecule has 0 radical (unpaired) electrons. The molecule has 1 aromatic heterocycles. The molecule has 6 nitrogen and oxygen atoms in total. The molecule has 0 fully saturated rings. The van der Waals surface area contributed by atoms with Gasteiger partial charge in [-0.1, -0.05) is 18.2 Å². The molecule has 0 aliphatic carbocycles. The van der Waals surface area contributed by atoms with Crippen molar-refractivity contribution < 1.29 is 9.53 Å². The van der Waals surface area contributed by atoms with Crippen molar-refractivity contribution in [2.45, 2.75) is 6.42 Å². The minimum atomic E-state index is -0.407. The third-order valence-corrected chi connectivity index (χ3v) is 4.04. The van der Waals surface area contributed by atoms with E-state index in [1.165, 1.54) is 12.4 Å². The molecule has 4 rings (SSSR count). The second kappa shape index (κ2) is 6.24. The smallest absolute Gasteiger partial charge is 0.280 e. The van der Waals surface area contributed by atoms with Gasteiger partial charge in [0.15, 0.2) is 0 Å². The number of aromatic nitrogens is 2. The summed E-state index contributed by atoms with van der Waals surface area (Å²) in [4.78, 5) is 28.6. The van der Waals surface area contributed by atoms with E-state index in [2.05, 4.69) is 10.4 Å². The Morgan fingerprint density at radius 3 is 3.04 bits per heavy atom. The number of ether oxygens (including phenoxy) is 1. The standard InChI is InChI=1S/C19H15N3O3/c23-18(8-6-13-5-7-17-14(11-13)9-10-25-17)21-22-12-20-16-4-2-1-3-15(16)19(22)24/h1-8,11-12H,9-10H2,(H,21,23)/b8-6+. The molecule has 2 heterocycles. The van der Waals surface area contributed by atoms with Crippen LogP contribution in [0.2, 0.25) is 0 Å². The zero-order valence-corrected chi connectivity index (χ0v) is 13.3. The molecule has 3 aromatic rings. The first-order valence-corrected chi connectivity index (χ1v) is 7.92. The fourth-order valence-corrected chi connectivity index (χ4v) is 2.79. The molecule has 0 spiro atoms. The van der Waals surface area contributed by atoms with Crippen LogP contribution in [0.25, 0.3) is 17.0 Å². The maximum Gasteiger partial charge on any atom is 0.280 e. The van der Waals surface area contributed by atoms with Gasteiger partial charge in [0, 0.05) is 12.5 Å². The molecule has 124 valence electrons. The molecular weight excluding hydrogens is 318 g/mol. The van der Waals surface area contributed by atoms with Gasteiger partial charge in [0.2, 0.25) is 0 Å². The summed E-state index contributed by atoms with van der Waals surface area (Å²) < 4.78 is 6.55. The van der Waals surface area contributed by atoms with Gasteiger partial charge in [0.25, 0.3) is 11.5 Å². The van der Waals surface area contributed by atoms with E-state index in [9.17, 15) is 9.59 Å². The summed E-state index contributed by atoms with van der Waals surface area (Å²) in [5, 5.41) is 0.452. The van der Waals surface area contributed by atoms with Crippen molar-refractivity contribution in [1.82, 2.24) is 9.66 Å². The van der Waals surface area contributed by atoms with Crippen LogP contribution in [-0.4, -0.2) is 22.2 Å². The molecular formula is C19H15N3O3. The molecule has 2 aromatic carbocycles. The molecule has 1 amide bonds. The zero-order chi connectivity index (χ0) is 17.2. The maximum atomic E-state index is 12.3. The number of fused-ring (bicyclic) bond motifs is 2. The van der Waals surface area contributed by atoms with Crippen molar-refractivity contribution in [2.24, 2.45) is 0 Å². The lowest BCUT2D eigenvalue weighted by molar-refractivity contribution is -0.112. The van der Waals surface area contributed by atoms with Gasteiger partial charge in [-0.2, -0.15) is 0 Å². The van der Waals surface area contributed by atoms with Crippen LogP contribution < -0.4 is 15.7 Å². The number of benzene rings is 2. The number of carbonyl (C=O) groups is 1. The number of hydrogen-bond donors (Lipinski definition) is 1. The number of rotatable bonds is 3. The minimum Gasteiger partial charge on any atom is -0.493 e. The van der Waals surface area contributed by atoms with Crippen molar-refractivity contribution in [2.75, 3.05) is 12.0 Å². The van der Waals surface area contributed by atoms with Crippen LogP contribution in [0.5, 0.6) is 5.75 Å². The third kappa shape index (κ3) is 3.01. The van der Waals surface area contributed by atoms with Gasteiger partial charge in [-0.3, -0.25) is 15.0 Å². The lowest BCUT2D eigenvalue weighted by atomic mass is 10.1. The van der Waals surface area contributed by atoms with Crippen LogP contribution in [-0.2, 0) is 11.2 Å². The van der Waals surface area contributed by atoms with Crippen molar-refractivity contribution in [3.63, 3.8) is 0 Å². The Balaban J connectivity index is 1.52. The molecule has 25 heavy (non-hydrogen) atoms. The lowest BCUT2D eigenvalue weighted by Crippen LogP contribution is -2.32. The Labute approximate surface area is 143 Å². The van der Waals surface area contributed by atoms with Gasteiger partial charge in [0.05, 0.1) is 17.5 Å². The number of nitrogens with zero attached hydrogens (tertiary/aromatic N) is 2. The molecule has 0 saturated carbocycles. The summed E-state index contributed by atoms with van der Waals surface area (Å²) in [5.41, 5.74) is 4.83. The van der Waals surface area contributed by atoms with E-state index in [1.807, 2.05) is 24.3 Å². The van der Waals surface area contributed by atoms with Gasteiger partial charge in [-0.15, -0.1) is 0 Å². The Bertz CT molecular complexity index is 1050. The molecule has 1 aliphatic heterocycles. The highest BCUT2D eigenvalue weighted by Gasteiger charge is 2.11. The highest BCUT2D eigenvalue weighted by Crippen LogP contribution is 2.26. The van der Waals surface area contributed by atoms with E-state index in [0.29, 0.717) is 17.5 Å². The Morgan fingerprint density at radius 1 is 1.24 bits per heavy atom. The van der Waals surface area contributed by atoms with Crippen LogP contribution in [0.15, 0.2) is 59.7 Å². The third-order valence-electron chi connectivity index (χ3n) is 4.04. The van der Waals surface area contributed by atoms with Gasteiger partial charge >= 0.3 is 0 Å². The van der Waals surface area contributed by atoms with Crippen LogP contribution >= 0.6 is 0 Å². The van der Waals surface area contributed by atoms with E-state index in [0.717, 1.165) is 28.0 Å². The minimum absolute atomic E-state index is 0.318. The molecule has 0 bridgehead atoms. The predicted molar refractivity (Wildman–Crippen MR) is 95.0 cm³/mol. The van der Waals surface area contributed by atoms with Crippen molar-refractivity contribution in [1.29, 1.82) is 0 Å². The summed E-state index contributed by atoms with van der Waals surface area (Å²) in [6.07, 6.45) is 5.27. The summed E-state index contributed by atoms with van der Waals surface area (Å²) in [7, 11) is 0.